The number of nitrogens with zero attached hydrogens (tertiary/aromatic N) is 1. The van der Waals surface area contributed by atoms with Crippen molar-refractivity contribution in [3.63, 3.8) is 0 Å². The first-order chi connectivity index (χ1) is 9.61. The maximum atomic E-state index is 8.96. The highest BCUT2D eigenvalue weighted by atomic mass is 79.9. The lowest BCUT2D eigenvalue weighted by Crippen LogP contribution is -1.98. The smallest absolute Gasteiger partial charge is 0.0991 e. The van der Waals surface area contributed by atoms with E-state index < -0.39 is 0 Å². The predicted octanol–water partition coefficient (Wildman–Crippen LogP) is 5.82. The second-order valence-corrected chi connectivity index (χ2v) is 6.59. The highest BCUT2D eigenvalue weighted by Gasteiger charge is 2.10. The molecule has 0 aliphatic heterocycles. The summed E-state index contributed by atoms with van der Waals surface area (Å²) in [5.74, 6) is 0.433. The first-order valence-corrected chi connectivity index (χ1v) is 8.13. The molecule has 3 heteroatoms. The van der Waals surface area contributed by atoms with E-state index in [1.54, 1.807) is 0 Å². The van der Waals surface area contributed by atoms with Gasteiger partial charge in [0, 0.05) is 8.95 Å². The fourth-order valence-corrected chi connectivity index (χ4v) is 3.61. The van der Waals surface area contributed by atoms with Gasteiger partial charge in [0.15, 0.2) is 0 Å². The lowest BCUT2D eigenvalue weighted by molar-refractivity contribution is 0.677. The third-order valence-corrected chi connectivity index (χ3v) is 4.96. The third kappa shape index (κ3) is 3.71. The van der Waals surface area contributed by atoms with Gasteiger partial charge in [-0.05, 0) is 54.2 Å². The van der Waals surface area contributed by atoms with E-state index in [1.165, 1.54) is 11.1 Å². The minimum absolute atomic E-state index is 0.433. The lowest BCUT2D eigenvalue weighted by atomic mass is 9.93. The Morgan fingerprint density at radius 3 is 2.40 bits per heavy atom. The molecule has 2 rings (SSSR count). The van der Waals surface area contributed by atoms with E-state index in [1.807, 2.05) is 24.3 Å². The van der Waals surface area contributed by atoms with Gasteiger partial charge in [0.1, 0.15) is 0 Å². The monoisotopic (exact) mass is 391 g/mol. The average Bonchev–Trinajstić information content (AvgIpc) is 2.46. The molecule has 0 amide bonds. The molecule has 0 aromatic heterocycles. The second kappa shape index (κ2) is 7.06. The van der Waals surface area contributed by atoms with Crippen LogP contribution >= 0.6 is 31.9 Å². The van der Waals surface area contributed by atoms with Gasteiger partial charge < -0.3 is 0 Å². The molecule has 0 saturated carbocycles. The Morgan fingerprint density at radius 2 is 1.75 bits per heavy atom. The molecule has 0 heterocycles. The molecule has 20 heavy (non-hydrogen) atoms. The minimum Gasteiger partial charge on any atom is -0.192 e. The first-order valence-electron chi connectivity index (χ1n) is 6.54. The standard InChI is InChI=1S/C17H15Br2N/c1-12(14-5-2-4-13(10-14)11-20)8-9-15-16(18)6-3-7-17(15)19/h2-7,10,12H,8-9H2,1H3. The van der Waals surface area contributed by atoms with Crippen LogP contribution in [0.4, 0.5) is 0 Å². The van der Waals surface area contributed by atoms with Crippen LogP contribution in [0.2, 0.25) is 0 Å². The SMILES string of the molecule is CC(CCc1c(Br)cccc1Br)c1cccc(C#N)c1. The van der Waals surface area contributed by atoms with Gasteiger partial charge in [-0.25, -0.2) is 0 Å². The molecule has 0 N–H and O–H groups in total. The Morgan fingerprint density at radius 1 is 1.10 bits per heavy atom. The molecule has 0 aliphatic rings. The van der Waals surface area contributed by atoms with E-state index in [-0.39, 0.29) is 0 Å². The fourth-order valence-electron chi connectivity index (χ4n) is 2.21. The van der Waals surface area contributed by atoms with E-state index in [4.69, 9.17) is 5.26 Å². The van der Waals surface area contributed by atoms with Crippen molar-refractivity contribution in [1.82, 2.24) is 0 Å². The Kier molecular flexibility index (Phi) is 5.39. The molecule has 2 aromatic rings. The molecular weight excluding hydrogens is 378 g/mol. The van der Waals surface area contributed by atoms with Crippen molar-refractivity contribution in [2.45, 2.75) is 25.7 Å². The molecule has 0 radical (unpaired) electrons. The maximum Gasteiger partial charge on any atom is 0.0991 e. The number of benzene rings is 2. The van der Waals surface area contributed by atoms with E-state index in [9.17, 15) is 0 Å². The topological polar surface area (TPSA) is 23.8 Å². The van der Waals surface area contributed by atoms with Crippen molar-refractivity contribution in [3.8, 4) is 6.07 Å². The number of hydrogen-bond donors (Lipinski definition) is 0. The molecule has 102 valence electrons. The molecule has 0 saturated heterocycles. The quantitative estimate of drug-likeness (QED) is 0.642. The van der Waals surface area contributed by atoms with Gasteiger partial charge in [0.2, 0.25) is 0 Å². The van der Waals surface area contributed by atoms with Crippen molar-refractivity contribution < 1.29 is 0 Å². The van der Waals surface area contributed by atoms with Gasteiger partial charge >= 0.3 is 0 Å². The van der Waals surface area contributed by atoms with Gasteiger partial charge in [-0.1, -0.05) is 57.0 Å². The number of rotatable bonds is 4. The van der Waals surface area contributed by atoms with Crippen molar-refractivity contribution >= 4 is 31.9 Å². The largest absolute Gasteiger partial charge is 0.192 e. The highest BCUT2D eigenvalue weighted by molar-refractivity contribution is 9.11. The summed E-state index contributed by atoms with van der Waals surface area (Å²) in [5.41, 5.74) is 3.26. The summed E-state index contributed by atoms with van der Waals surface area (Å²) in [6.45, 7) is 2.21. The Labute approximate surface area is 136 Å². The molecule has 0 fully saturated rings. The van der Waals surface area contributed by atoms with Crippen molar-refractivity contribution in [2.75, 3.05) is 0 Å². The van der Waals surface area contributed by atoms with Gasteiger partial charge in [-0.2, -0.15) is 5.26 Å². The second-order valence-electron chi connectivity index (χ2n) is 4.88. The summed E-state index contributed by atoms with van der Waals surface area (Å²) >= 11 is 7.21. The summed E-state index contributed by atoms with van der Waals surface area (Å²) in [6.07, 6.45) is 2.05. The van der Waals surface area contributed by atoms with Crippen LogP contribution in [-0.2, 0) is 6.42 Å². The van der Waals surface area contributed by atoms with Crippen LogP contribution in [0.25, 0.3) is 0 Å². The zero-order chi connectivity index (χ0) is 14.5. The molecule has 1 unspecified atom stereocenters. The molecule has 0 bridgehead atoms. The van der Waals surface area contributed by atoms with Crippen LogP contribution in [0, 0.1) is 11.3 Å². The molecule has 1 atom stereocenters. The normalized spacial score (nSPS) is 11.9. The van der Waals surface area contributed by atoms with Crippen LogP contribution in [0.3, 0.4) is 0 Å². The zero-order valence-electron chi connectivity index (χ0n) is 11.2. The lowest BCUT2D eigenvalue weighted by Gasteiger charge is -2.14. The van der Waals surface area contributed by atoms with Crippen molar-refractivity contribution in [3.05, 3.63) is 68.1 Å². The number of nitriles is 1. The van der Waals surface area contributed by atoms with Crippen molar-refractivity contribution in [1.29, 1.82) is 5.26 Å². The van der Waals surface area contributed by atoms with Crippen molar-refractivity contribution in [2.24, 2.45) is 0 Å². The minimum atomic E-state index is 0.433. The fraction of sp³-hybridized carbons (Fsp3) is 0.235. The maximum absolute atomic E-state index is 8.96. The van der Waals surface area contributed by atoms with Crippen LogP contribution < -0.4 is 0 Å². The van der Waals surface area contributed by atoms with Crippen LogP contribution in [-0.4, -0.2) is 0 Å². The molecular formula is C17H15Br2N. The molecule has 0 aliphatic carbocycles. The average molecular weight is 393 g/mol. The van der Waals surface area contributed by atoms with E-state index in [0.29, 0.717) is 5.92 Å². The Hall–Kier alpha value is -1.11. The van der Waals surface area contributed by atoms with Crippen LogP contribution in [0.15, 0.2) is 51.4 Å². The predicted molar refractivity (Wildman–Crippen MR) is 89.7 cm³/mol. The van der Waals surface area contributed by atoms with E-state index in [2.05, 4.69) is 63.1 Å². The summed E-state index contributed by atoms with van der Waals surface area (Å²) in [7, 11) is 0. The summed E-state index contributed by atoms with van der Waals surface area (Å²) < 4.78 is 2.29. The summed E-state index contributed by atoms with van der Waals surface area (Å²) in [4.78, 5) is 0. The summed E-state index contributed by atoms with van der Waals surface area (Å²) in [6, 6.07) is 16.3. The highest BCUT2D eigenvalue weighted by Crippen LogP contribution is 2.29. The Balaban J connectivity index is 2.09. The third-order valence-electron chi connectivity index (χ3n) is 3.47. The summed E-state index contributed by atoms with van der Waals surface area (Å²) in [5, 5.41) is 8.96. The molecule has 1 nitrogen and oxygen atoms in total. The Bertz CT molecular complexity index is 623. The molecule has 2 aromatic carbocycles. The van der Waals surface area contributed by atoms with Crippen LogP contribution in [0.1, 0.15) is 36.0 Å². The van der Waals surface area contributed by atoms with E-state index >= 15 is 0 Å². The van der Waals surface area contributed by atoms with Gasteiger partial charge in [-0.3, -0.25) is 0 Å². The van der Waals surface area contributed by atoms with Gasteiger partial charge in [-0.15, -0.1) is 0 Å². The number of halogens is 2. The van der Waals surface area contributed by atoms with Gasteiger partial charge in [0.05, 0.1) is 11.6 Å². The van der Waals surface area contributed by atoms with Crippen LogP contribution in [0.5, 0.6) is 0 Å². The molecule has 0 spiro atoms. The van der Waals surface area contributed by atoms with Gasteiger partial charge in [0.25, 0.3) is 0 Å². The first kappa shape index (κ1) is 15.3. The number of hydrogen-bond acceptors (Lipinski definition) is 1. The van der Waals surface area contributed by atoms with E-state index in [0.717, 1.165) is 27.4 Å². The zero-order valence-corrected chi connectivity index (χ0v) is 14.4.